The van der Waals surface area contributed by atoms with Gasteiger partial charge in [0.25, 0.3) is 5.56 Å². The second-order valence-electron chi connectivity index (χ2n) is 9.89. The topological polar surface area (TPSA) is 89.7 Å². The van der Waals surface area contributed by atoms with Gasteiger partial charge in [0, 0.05) is 41.8 Å². The van der Waals surface area contributed by atoms with Crippen molar-refractivity contribution < 1.29 is 0 Å². The summed E-state index contributed by atoms with van der Waals surface area (Å²) < 4.78 is 3.61. The second-order valence-corrected chi connectivity index (χ2v) is 9.89. The Labute approximate surface area is 198 Å². The van der Waals surface area contributed by atoms with Crippen LogP contribution in [0.4, 0.5) is 11.6 Å². The molecule has 4 heterocycles. The maximum absolute atomic E-state index is 13.3. The SMILES string of the molecule is CC(C)n1c(=O)c2cnc(Nc3ccc4c(c3)C=CNC4)nc2n1-c1ccnc(C(C)(C)C)c1. The Morgan fingerprint density at radius 1 is 1.12 bits per heavy atom. The largest absolute Gasteiger partial charge is 0.387 e. The highest BCUT2D eigenvalue weighted by Gasteiger charge is 2.22. The Morgan fingerprint density at radius 3 is 2.71 bits per heavy atom. The molecule has 0 fully saturated rings. The van der Waals surface area contributed by atoms with Crippen LogP contribution < -0.4 is 16.2 Å². The zero-order valence-corrected chi connectivity index (χ0v) is 20.1. The van der Waals surface area contributed by atoms with Gasteiger partial charge in [-0.1, -0.05) is 26.8 Å². The minimum atomic E-state index is -0.125. The number of hydrogen-bond acceptors (Lipinski definition) is 6. The van der Waals surface area contributed by atoms with E-state index in [0.29, 0.717) is 17.0 Å². The zero-order valence-electron chi connectivity index (χ0n) is 20.1. The molecule has 2 N–H and O–H groups in total. The number of fused-ring (bicyclic) bond motifs is 2. The predicted octanol–water partition coefficient (Wildman–Crippen LogP) is 4.67. The van der Waals surface area contributed by atoms with E-state index in [1.807, 2.05) is 49.0 Å². The minimum absolute atomic E-state index is 0.0644. The zero-order chi connectivity index (χ0) is 24.0. The summed E-state index contributed by atoms with van der Waals surface area (Å²) in [5.74, 6) is 0.435. The summed E-state index contributed by atoms with van der Waals surface area (Å²) in [6.07, 6.45) is 7.39. The molecule has 0 saturated carbocycles. The first-order valence-corrected chi connectivity index (χ1v) is 11.5. The highest BCUT2D eigenvalue weighted by molar-refractivity contribution is 5.77. The standard InChI is InChI=1S/C26H29N7O/c1-16(2)32-24(34)21-15-29-25(30-19-7-6-18-14-27-10-8-17(18)12-19)31-23(21)33(32)20-9-11-28-22(13-20)26(3,4)5/h6-13,15-16,27H,14H2,1-5H3,(H,29,30,31). The molecule has 0 spiro atoms. The van der Waals surface area contributed by atoms with Crippen LogP contribution in [0.1, 0.15) is 57.5 Å². The van der Waals surface area contributed by atoms with Crippen molar-refractivity contribution in [2.24, 2.45) is 0 Å². The van der Waals surface area contributed by atoms with Crippen LogP contribution in [0, 0.1) is 0 Å². The molecule has 0 saturated heterocycles. The third-order valence-corrected chi connectivity index (χ3v) is 5.94. The van der Waals surface area contributed by atoms with E-state index >= 15 is 0 Å². The van der Waals surface area contributed by atoms with Crippen molar-refractivity contribution in [3.63, 3.8) is 0 Å². The second kappa shape index (κ2) is 8.13. The number of nitrogens with one attached hydrogen (secondary N) is 2. The molecule has 34 heavy (non-hydrogen) atoms. The van der Waals surface area contributed by atoms with Crippen LogP contribution in [0.25, 0.3) is 22.8 Å². The number of anilines is 2. The molecule has 1 aliphatic heterocycles. The van der Waals surface area contributed by atoms with Gasteiger partial charge >= 0.3 is 0 Å². The number of pyridine rings is 1. The Kier molecular flexibility index (Phi) is 5.23. The van der Waals surface area contributed by atoms with Gasteiger partial charge in [-0.3, -0.25) is 9.78 Å². The average molecular weight is 456 g/mol. The van der Waals surface area contributed by atoms with Crippen molar-refractivity contribution in [2.45, 2.75) is 52.6 Å². The van der Waals surface area contributed by atoms with Gasteiger partial charge in [0.1, 0.15) is 5.39 Å². The van der Waals surface area contributed by atoms with E-state index in [2.05, 4.69) is 53.5 Å². The number of nitrogens with zero attached hydrogens (tertiary/aromatic N) is 5. The molecule has 5 rings (SSSR count). The highest BCUT2D eigenvalue weighted by Crippen LogP contribution is 2.26. The fraction of sp³-hybridized carbons (Fsp3) is 0.308. The van der Waals surface area contributed by atoms with Gasteiger partial charge in [-0.25, -0.2) is 14.3 Å². The maximum Gasteiger partial charge on any atom is 0.278 e. The van der Waals surface area contributed by atoms with Crippen LogP contribution in [0.5, 0.6) is 0 Å². The summed E-state index contributed by atoms with van der Waals surface area (Å²) >= 11 is 0. The van der Waals surface area contributed by atoms with Gasteiger partial charge in [-0.15, -0.1) is 0 Å². The monoisotopic (exact) mass is 455 g/mol. The molecule has 3 aromatic heterocycles. The van der Waals surface area contributed by atoms with Crippen molar-refractivity contribution >= 4 is 28.7 Å². The third kappa shape index (κ3) is 3.85. The van der Waals surface area contributed by atoms with Crippen molar-refractivity contribution in [3.8, 4) is 5.69 Å². The van der Waals surface area contributed by atoms with Crippen molar-refractivity contribution in [1.82, 2.24) is 29.6 Å². The van der Waals surface area contributed by atoms with Gasteiger partial charge < -0.3 is 10.6 Å². The van der Waals surface area contributed by atoms with E-state index in [4.69, 9.17) is 4.98 Å². The Morgan fingerprint density at radius 2 is 1.94 bits per heavy atom. The van der Waals surface area contributed by atoms with Gasteiger partial charge in [0.2, 0.25) is 5.95 Å². The van der Waals surface area contributed by atoms with Crippen LogP contribution in [0.3, 0.4) is 0 Å². The Bertz CT molecular complexity index is 1470. The summed E-state index contributed by atoms with van der Waals surface area (Å²) in [4.78, 5) is 27.1. The van der Waals surface area contributed by atoms with Gasteiger partial charge in [0.05, 0.1) is 5.69 Å². The summed E-state index contributed by atoms with van der Waals surface area (Å²) in [5, 5.41) is 7.00. The first-order valence-electron chi connectivity index (χ1n) is 11.5. The Hall–Kier alpha value is -3.94. The maximum atomic E-state index is 13.3. The predicted molar refractivity (Wildman–Crippen MR) is 136 cm³/mol. The van der Waals surface area contributed by atoms with Crippen LogP contribution in [0.15, 0.2) is 53.7 Å². The molecule has 0 radical (unpaired) electrons. The van der Waals surface area contributed by atoms with Gasteiger partial charge in [0.15, 0.2) is 5.65 Å². The fourth-order valence-electron chi connectivity index (χ4n) is 4.17. The van der Waals surface area contributed by atoms with E-state index in [0.717, 1.165) is 29.2 Å². The van der Waals surface area contributed by atoms with Crippen LogP contribution in [0.2, 0.25) is 0 Å². The van der Waals surface area contributed by atoms with Gasteiger partial charge in [-0.05, 0) is 61.5 Å². The molecular formula is C26H29N7O. The molecule has 0 amide bonds. The molecule has 8 nitrogen and oxygen atoms in total. The lowest BCUT2D eigenvalue weighted by atomic mass is 9.91. The van der Waals surface area contributed by atoms with Crippen molar-refractivity contribution in [3.05, 3.63) is 76.1 Å². The van der Waals surface area contributed by atoms with Crippen LogP contribution in [-0.4, -0.2) is 24.3 Å². The summed E-state index contributed by atoms with van der Waals surface area (Å²) in [6, 6.07) is 10.0. The molecule has 0 bridgehead atoms. The van der Waals surface area contributed by atoms with Gasteiger partial charge in [-0.2, -0.15) is 4.98 Å². The van der Waals surface area contributed by atoms with Crippen LogP contribution in [-0.2, 0) is 12.0 Å². The molecule has 0 atom stereocenters. The molecule has 4 aromatic rings. The van der Waals surface area contributed by atoms with E-state index < -0.39 is 0 Å². The quantitative estimate of drug-likeness (QED) is 0.465. The van der Waals surface area contributed by atoms with Crippen molar-refractivity contribution in [1.29, 1.82) is 0 Å². The van der Waals surface area contributed by atoms with Crippen LogP contribution >= 0.6 is 0 Å². The number of rotatable bonds is 4. The molecule has 1 aromatic carbocycles. The summed E-state index contributed by atoms with van der Waals surface area (Å²) in [5.41, 5.74) is 5.39. The number of hydrogen-bond donors (Lipinski definition) is 2. The normalized spacial score (nSPS) is 13.2. The fourth-order valence-corrected chi connectivity index (χ4v) is 4.17. The molecule has 0 unspecified atom stereocenters. The van der Waals surface area contributed by atoms with E-state index in [9.17, 15) is 4.79 Å². The lowest BCUT2D eigenvalue weighted by Crippen LogP contribution is -2.24. The van der Waals surface area contributed by atoms with Crippen molar-refractivity contribution in [2.75, 3.05) is 5.32 Å². The first-order chi connectivity index (χ1) is 16.2. The third-order valence-electron chi connectivity index (χ3n) is 5.94. The van der Waals surface area contributed by atoms with E-state index in [-0.39, 0.29) is 17.0 Å². The van der Waals surface area contributed by atoms with E-state index in [1.54, 1.807) is 17.1 Å². The number of benzene rings is 1. The molecular weight excluding hydrogens is 426 g/mol. The van der Waals surface area contributed by atoms with E-state index in [1.165, 1.54) is 5.56 Å². The summed E-state index contributed by atoms with van der Waals surface area (Å²) in [6.45, 7) is 11.2. The molecule has 174 valence electrons. The minimum Gasteiger partial charge on any atom is -0.387 e. The summed E-state index contributed by atoms with van der Waals surface area (Å²) in [7, 11) is 0. The molecule has 1 aliphatic rings. The Balaban J connectivity index is 1.64. The average Bonchev–Trinajstić information content (AvgIpc) is 3.10. The lowest BCUT2D eigenvalue weighted by molar-refractivity contribution is 0.474. The smallest absolute Gasteiger partial charge is 0.278 e. The lowest BCUT2D eigenvalue weighted by Gasteiger charge is -2.20. The first kappa shape index (κ1) is 21.9. The number of aromatic nitrogens is 5. The molecule has 0 aliphatic carbocycles. The molecule has 8 heteroatoms. The highest BCUT2D eigenvalue weighted by atomic mass is 16.1.